The van der Waals surface area contributed by atoms with Gasteiger partial charge in [-0.3, -0.25) is 9.59 Å². The summed E-state index contributed by atoms with van der Waals surface area (Å²) in [5.74, 6) is -2.26. The van der Waals surface area contributed by atoms with Crippen LogP contribution in [0, 0.1) is 23.0 Å². The number of hydrogen-bond donors (Lipinski definition) is 4. The van der Waals surface area contributed by atoms with Gasteiger partial charge in [-0.15, -0.1) is 0 Å². The molecule has 2 aromatic rings. The molecule has 0 heterocycles. The number of nitrogens with one attached hydrogen (secondary N) is 2. The van der Waals surface area contributed by atoms with Gasteiger partial charge in [0.15, 0.2) is 0 Å². The second-order valence-electron chi connectivity index (χ2n) is 11.5. The molecule has 0 aromatic heterocycles. The summed E-state index contributed by atoms with van der Waals surface area (Å²) in [7, 11) is 0. The first kappa shape index (κ1) is 31.0. The average Bonchev–Trinajstić information content (AvgIpc) is 3.58. The second-order valence-corrected chi connectivity index (χ2v) is 13.4. The number of hydrogen-bond acceptors (Lipinski definition) is 5. The molecular weight excluding hydrogens is 520 g/mol. The number of thioether (sulfide) groups is 1. The Balaban J connectivity index is 1.68. The molecule has 2 aromatic carbocycles. The predicted molar refractivity (Wildman–Crippen MR) is 152 cm³/mol. The van der Waals surface area contributed by atoms with Gasteiger partial charge in [-0.25, -0.2) is 8.78 Å². The molecule has 0 saturated heterocycles. The number of halogens is 2. The molecule has 2 amide bonds. The number of amides is 2. The van der Waals surface area contributed by atoms with E-state index in [0.29, 0.717) is 30.7 Å². The van der Waals surface area contributed by atoms with Gasteiger partial charge < -0.3 is 21.5 Å². The summed E-state index contributed by atoms with van der Waals surface area (Å²) in [4.78, 5) is 25.6. The largest absolute Gasteiger partial charge is 0.390 e. The monoisotopic (exact) mass is 561 g/mol. The highest BCUT2D eigenvalue weighted by molar-refractivity contribution is 8.00. The number of carbonyl (C=O) groups is 2. The first-order chi connectivity index (χ1) is 18.3. The molecule has 6 nitrogen and oxygen atoms in total. The Bertz CT molecular complexity index is 1140. The maximum absolute atomic E-state index is 13.9. The molecule has 4 atom stereocenters. The van der Waals surface area contributed by atoms with Crippen LogP contribution >= 0.6 is 11.8 Å². The molecule has 0 aliphatic heterocycles. The molecule has 1 fully saturated rings. The molecule has 1 aliphatic rings. The quantitative estimate of drug-likeness (QED) is 0.278. The second kappa shape index (κ2) is 13.2. The number of primary amides is 1. The molecule has 2 unspecified atom stereocenters. The van der Waals surface area contributed by atoms with Crippen LogP contribution in [0.2, 0.25) is 0 Å². The van der Waals surface area contributed by atoms with Crippen LogP contribution in [0.5, 0.6) is 0 Å². The van der Waals surface area contributed by atoms with Crippen LogP contribution in [-0.4, -0.2) is 46.1 Å². The van der Waals surface area contributed by atoms with E-state index >= 15 is 0 Å². The molecule has 0 bridgehead atoms. The van der Waals surface area contributed by atoms with Crippen LogP contribution in [0.3, 0.4) is 0 Å². The van der Waals surface area contributed by atoms with Gasteiger partial charge in [0.1, 0.15) is 11.6 Å². The van der Waals surface area contributed by atoms with Crippen molar-refractivity contribution in [3.63, 3.8) is 0 Å². The Morgan fingerprint density at radius 1 is 1.13 bits per heavy atom. The molecule has 1 saturated carbocycles. The lowest BCUT2D eigenvalue weighted by Gasteiger charge is -2.26. The lowest BCUT2D eigenvalue weighted by molar-refractivity contribution is -0.129. The van der Waals surface area contributed by atoms with Crippen molar-refractivity contribution in [1.82, 2.24) is 10.6 Å². The Hall–Kier alpha value is -2.49. The summed E-state index contributed by atoms with van der Waals surface area (Å²) < 4.78 is 27.8. The predicted octanol–water partition coefficient (Wildman–Crippen LogP) is 4.12. The van der Waals surface area contributed by atoms with E-state index in [9.17, 15) is 23.5 Å². The van der Waals surface area contributed by atoms with E-state index in [1.807, 2.05) is 18.2 Å². The Labute approximate surface area is 234 Å². The minimum Gasteiger partial charge on any atom is -0.390 e. The van der Waals surface area contributed by atoms with E-state index < -0.39 is 41.0 Å². The van der Waals surface area contributed by atoms with Crippen LogP contribution in [0.4, 0.5) is 8.78 Å². The Morgan fingerprint density at radius 3 is 2.41 bits per heavy atom. The summed E-state index contributed by atoms with van der Waals surface area (Å²) >= 11 is 1.71. The topological polar surface area (TPSA) is 104 Å². The lowest BCUT2D eigenvalue weighted by Crippen LogP contribution is -2.49. The fraction of sp³-hybridized carbons (Fsp3) is 0.533. The number of rotatable bonds is 14. The highest BCUT2D eigenvalue weighted by Gasteiger charge is 2.62. The smallest absolute Gasteiger partial charge is 0.224 e. The normalized spacial score (nSPS) is 20.3. The molecule has 1 aliphatic carbocycles. The van der Waals surface area contributed by atoms with E-state index in [2.05, 4.69) is 44.4 Å². The molecule has 0 spiro atoms. The van der Waals surface area contributed by atoms with Crippen molar-refractivity contribution >= 4 is 23.6 Å². The first-order valence-corrected chi connectivity index (χ1v) is 14.5. The van der Waals surface area contributed by atoms with Crippen LogP contribution in [0.1, 0.15) is 57.2 Å². The van der Waals surface area contributed by atoms with Gasteiger partial charge in [0.05, 0.1) is 23.5 Å². The van der Waals surface area contributed by atoms with Crippen LogP contribution in [-0.2, 0) is 29.0 Å². The third kappa shape index (κ3) is 9.01. The zero-order valence-corrected chi connectivity index (χ0v) is 24.0. The number of aliphatic hydroxyl groups excluding tert-OH is 1. The molecule has 9 heteroatoms. The fourth-order valence-electron chi connectivity index (χ4n) is 4.88. The van der Waals surface area contributed by atoms with Gasteiger partial charge in [-0.1, -0.05) is 52.0 Å². The molecule has 3 rings (SSSR count). The maximum Gasteiger partial charge on any atom is 0.224 e. The molecule has 214 valence electrons. The highest BCUT2D eigenvalue weighted by atomic mass is 32.2. The summed E-state index contributed by atoms with van der Waals surface area (Å²) in [5.41, 5.74) is 7.40. The standard InChI is InChI=1S/C30H41F2N3O3S/c1-5-19-7-6-8-20(11-19)17-34-18-26(36)25(14-21-12-22(31)15-23(32)13-21)35-27(37)24-16-30(24,28(33)38)9-10-39-29(2,3)4/h6-8,11-13,15,24-26,34,36H,5,9-10,14,16-18H2,1-4H3,(H2,33,38)(H,35,37)/t24?,25-,26+,30?/m0/s1. The zero-order valence-electron chi connectivity index (χ0n) is 23.2. The third-order valence-corrected chi connectivity index (χ3v) is 8.49. The summed E-state index contributed by atoms with van der Waals surface area (Å²) in [6.07, 6.45) is 0.723. The minimum atomic E-state index is -1.05. The first-order valence-electron chi connectivity index (χ1n) is 13.5. The van der Waals surface area contributed by atoms with Crippen molar-refractivity contribution in [2.75, 3.05) is 12.3 Å². The SMILES string of the molecule is CCc1cccc(CNC[C@@H](O)[C@H](Cc2cc(F)cc(F)c2)NC(=O)C2CC2(CCSC(C)(C)C)C(N)=O)c1. The van der Waals surface area contributed by atoms with Gasteiger partial charge in [0.2, 0.25) is 11.8 Å². The van der Waals surface area contributed by atoms with E-state index in [-0.39, 0.29) is 23.6 Å². The van der Waals surface area contributed by atoms with Crippen molar-refractivity contribution in [2.24, 2.45) is 17.1 Å². The van der Waals surface area contributed by atoms with Crippen LogP contribution in [0.25, 0.3) is 0 Å². The van der Waals surface area contributed by atoms with Gasteiger partial charge >= 0.3 is 0 Å². The van der Waals surface area contributed by atoms with Crippen LogP contribution < -0.4 is 16.4 Å². The van der Waals surface area contributed by atoms with Gasteiger partial charge in [-0.2, -0.15) is 11.8 Å². The number of benzene rings is 2. The highest BCUT2D eigenvalue weighted by Crippen LogP contribution is 2.56. The molecule has 0 radical (unpaired) electrons. The number of aryl methyl sites for hydroxylation is 1. The van der Waals surface area contributed by atoms with Gasteiger partial charge in [0, 0.05) is 23.9 Å². The maximum atomic E-state index is 13.9. The van der Waals surface area contributed by atoms with Crippen molar-refractivity contribution in [2.45, 2.75) is 76.8 Å². The third-order valence-electron chi connectivity index (χ3n) is 7.22. The van der Waals surface area contributed by atoms with Crippen molar-refractivity contribution in [3.8, 4) is 0 Å². The molecular formula is C30H41F2N3O3S. The van der Waals surface area contributed by atoms with Crippen molar-refractivity contribution in [3.05, 3.63) is 70.8 Å². The number of carbonyl (C=O) groups excluding carboxylic acids is 2. The zero-order chi connectivity index (χ0) is 28.8. The van der Waals surface area contributed by atoms with Crippen molar-refractivity contribution < 1.29 is 23.5 Å². The Morgan fingerprint density at radius 2 is 1.79 bits per heavy atom. The number of nitrogens with two attached hydrogens (primary N) is 1. The van der Waals surface area contributed by atoms with Gasteiger partial charge in [-0.05, 0) is 60.3 Å². The van der Waals surface area contributed by atoms with Crippen LogP contribution in [0.15, 0.2) is 42.5 Å². The minimum absolute atomic E-state index is 0.0186. The van der Waals surface area contributed by atoms with E-state index in [1.165, 1.54) is 17.7 Å². The van der Waals surface area contributed by atoms with Gasteiger partial charge in [0.25, 0.3) is 0 Å². The molecule has 39 heavy (non-hydrogen) atoms. The molecule has 5 N–H and O–H groups in total. The number of aliphatic hydroxyl groups is 1. The summed E-state index contributed by atoms with van der Waals surface area (Å²) in [6.45, 7) is 8.99. The van der Waals surface area contributed by atoms with E-state index in [4.69, 9.17) is 5.73 Å². The summed E-state index contributed by atoms with van der Waals surface area (Å²) in [6, 6.07) is 10.4. The summed E-state index contributed by atoms with van der Waals surface area (Å²) in [5, 5.41) is 17.1. The van der Waals surface area contributed by atoms with Crippen molar-refractivity contribution in [1.29, 1.82) is 0 Å². The Kier molecular flexibility index (Phi) is 10.5. The lowest BCUT2D eigenvalue weighted by atomic mass is 9.97. The van der Waals surface area contributed by atoms with E-state index in [0.717, 1.165) is 18.1 Å². The van der Waals surface area contributed by atoms with E-state index in [1.54, 1.807) is 11.8 Å². The fourth-order valence-corrected chi connectivity index (χ4v) is 5.95. The average molecular weight is 562 g/mol.